The molecule has 0 unspecified atom stereocenters. The van der Waals surface area contributed by atoms with Crippen LogP contribution in [-0.4, -0.2) is 60.1 Å². The second-order valence-electron chi connectivity index (χ2n) is 4.56. The van der Waals surface area contributed by atoms with Gasteiger partial charge in [-0.2, -0.15) is 0 Å². The van der Waals surface area contributed by atoms with Crippen LogP contribution < -0.4 is 5.73 Å². The van der Waals surface area contributed by atoms with E-state index in [1.54, 1.807) is 6.07 Å². The van der Waals surface area contributed by atoms with Crippen molar-refractivity contribution >= 4 is 27.5 Å². The minimum atomic E-state index is -0.0255. The topological polar surface area (TPSA) is 69.8 Å². The van der Waals surface area contributed by atoms with Crippen LogP contribution in [0.5, 0.6) is 0 Å². The highest BCUT2D eigenvalue weighted by Crippen LogP contribution is 2.24. The van der Waals surface area contributed by atoms with Gasteiger partial charge in [0.25, 0.3) is 5.91 Å². The number of hydrogen-bond acceptors (Lipinski definition) is 4. The molecular weight excluding hydrogens is 310 g/mol. The number of benzene rings is 1. The predicted octanol–water partition coefficient (Wildman–Crippen LogP) is 0.781. The highest BCUT2D eigenvalue weighted by molar-refractivity contribution is 9.10. The molecule has 1 aliphatic heterocycles. The predicted molar refractivity (Wildman–Crippen MR) is 78.0 cm³/mol. The first-order valence-electron chi connectivity index (χ1n) is 6.30. The van der Waals surface area contributed by atoms with Crippen LogP contribution in [0.1, 0.15) is 10.4 Å². The van der Waals surface area contributed by atoms with Crippen LogP contribution >= 0.6 is 15.9 Å². The molecule has 1 amide bonds. The van der Waals surface area contributed by atoms with E-state index in [9.17, 15) is 4.79 Å². The van der Waals surface area contributed by atoms with Crippen LogP contribution in [-0.2, 0) is 0 Å². The second kappa shape index (κ2) is 6.36. The molecule has 104 valence electrons. The van der Waals surface area contributed by atoms with Gasteiger partial charge in [0, 0.05) is 37.2 Å². The monoisotopic (exact) mass is 327 g/mol. The molecule has 2 rings (SSSR count). The number of piperazine rings is 1. The maximum absolute atomic E-state index is 12.4. The number of carbonyl (C=O) groups excluding carboxylic acids is 1. The first kappa shape index (κ1) is 14.3. The molecule has 0 aromatic heterocycles. The van der Waals surface area contributed by atoms with Crippen molar-refractivity contribution in [3.8, 4) is 0 Å². The van der Waals surface area contributed by atoms with Crippen LogP contribution in [0.4, 0.5) is 5.69 Å². The lowest BCUT2D eigenvalue weighted by atomic mass is 10.1. The van der Waals surface area contributed by atoms with Crippen molar-refractivity contribution in [1.82, 2.24) is 9.80 Å². The lowest BCUT2D eigenvalue weighted by molar-refractivity contribution is 0.0616. The van der Waals surface area contributed by atoms with Crippen molar-refractivity contribution in [2.75, 3.05) is 45.1 Å². The first-order chi connectivity index (χ1) is 9.13. The Labute approximate surface area is 121 Å². The molecule has 0 aliphatic carbocycles. The summed E-state index contributed by atoms with van der Waals surface area (Å²) in [5, 5.41) is 8.89. The number of nitrogens with zero attached hydrogens (tertiary/aromatic N) is 2. The number of nitrogen functional groups attached to an aromatic ring is 1. The van der Waals surface area contributed by atoms with Crippen molar-refractivity contribution in [3.05, 3.63) is 28.2 Å². The molecule has 5 nitrogen and oxygen atoms in total. The van der Waals surface area contributed by atoms with Gasteiger partial charge < -0.3 is 15.7 Å². The maximum atomic E-state index is 12.4. The summed E-state index contributed by atoms with van der Waals surface area (Å²) in [4.78, 5) is 16.4. The molecule has 1 aromatic carbocycles. The van der Waals surface area contributed by atoms with Crippen molar-refractivity contribution in [3.63, 3.8) is 0 Å². The van der Waals surface area contributed by atoms with Crippen molar-refractivity contribution in [2.24, 2.45) is 0 Å². The Morgan fingerprint density at radius 3 is 2.63 bits per heavy atom. The molecule has 0 saturated carbocycles. The SMILES string of the molecule is Nc1c(Br)cccc1C(=O)N1CCN(CCO)CC1. The van der Waals surface area contributed by atoms with E-state index in [2.05, 4.69) is 20.8 Å². The second-order valence-corrected chi connectivity index (χ2v) is 5.41. The van der Waals surface area contributed by atoms with Gasteiger partial charge >= 0.3 is 0 Å². The Morgan fingerprint density at radius 2 is 2.00 bits per heavy atom. The van der Waals surface area contributed by atoms with Gasteiger partial charge in [-0.15, -0.1) is 0 Å². The van der Waals surface area contributed by atoms with Gasteiger partial charge in [0.15, 0.2) is 0 Å². The van der Waals surface area contributed by atoms with Crippen LogP contribution in [0.3, 0.4) is 0 Å². The van der Waals surface area contributed by atoms with E-state index in [4.69, 9.17) is 10.8 Å². The Kier molecular flexibility index (Phi) is 4.79. The van der Waals surface area contributed by atoms with Gasteiger partial charge in [0.05, 0.1) is 17.9 Å². The van der Waals surface area contributed by atoms with Gasteiger partial charge in [-0.1, -0.05) is 6.07 Å². The summed E-state index contributed by atoms with van der Waals surface area (Å²) in [7, 11) is 0. The number of halogens is 1. The summed E-state index contributed by atoms with van der Waals surface area (Å²) in [6.07, 6.45) is 0. The standard InChI is InChI=1S/C13H18BrN3O2/c14-11-3-1-2-10(12(11)15)13(19)17-6-4-16(5-7-17)8-9-18/h1-3,18H,4-9,15H2. The summed E-state index contributed by atoms with van der Waals surface area (Å²) in [5.74, 6) is -0.0255. The summed E-state index contributed by atoms with van der Waals surface area (Å²) < 4.78 is 0.747. The minimum Gasteiger partial charge on any atom is -0.397 e. The quantitative estimate of drug-likeness (QED) is 0.805. The molecule has 1 heterocycles. The molecule has 3 N–H and O–H groups in total. The van der Waals surface area contributed by atoms with Gasteiger partial charge in [-0.3, -0.25) is 9.69 Å². The molecular formula is C13H18BrN3O2. The molecule has 19 heavy (non-hydrogen) atoms. The lowest BCUT2D eigenvalue weighted by Crippen LogP contribution is -2.49. The van der Waals surface area contributed by atoms with Gasteiger partial charge in [0.2, 0.25) is 0 Å². The average molecular weight is 328 g/mol. The van der Waals surface area contributed by atoms with Gasteiger partial charge in [-0.05, 0) is 28.1 Å². The lowest BCUT2D eigenvalue weighted by Gasteiger charge is -2.34. The number of hydrogen-bond donors (Lipinski definition) is 2. The average Bonchev–Trinajstić information content (AvgIpc) is 2.42. The number of β-amino-alcohol motifs (C(OH)–C–C–N with tert-alkyl or cyclic N) is 1. The fraction of sp³-hybridized carbons (Fsp3) is 0.462. The number of anilines is 1. The van der Waals surface area contributed by atoms with Crippen LogP contribution in [0, 0.1) is 0 Å². The number of aliphatic hydroxyl groups excluding tert-OH is 1. The maximum Gasteiger partial charge on any atom is 0.256 e. The Balaban J connectivity index is 2.03. The van der Waals surface area contributed by atoms with Crippen molar-refractivity contribution < 1.29 is 9.90 Å². The van der Waals surface area contributed by atoms with Gasteiger partial charge in [0.1, 0.15) is 0 Å². The number of para-hydroxylation sites is 1. The molecule has 0 radical (unpaired) electrons. The van der Waals surface area contributed by atoms with E-state index in [0.29, 0.717) is 30.9 Å². The van der Waals surface area contributed by atoms with E-state index >= 15 is 0 Å². The molecule has 1 aromatic rings. The summed E-state index contributed by atoms with van der Waals surface area (Å²) in [5.41, 5.74) is 6.96. The Bertz CT molecular complexity index is 459. The molecule has 0 bridgehead atoms. The zero-order valence-corrected chi connectivity index (χ0v) is 12.3. The zero-order chi connectivity index (χ0) is 13.8. The molecule has 1 saturated heterocycles. The zero-order valence-electron chi connectivity index (χ0n) is 10.7. The van der Waals surface area contributed by atoms with E-state index < -0.39 is 0 Å². The first-order valence-corrected chi connectivity index (χ1v) is 7.09. The number of aliphatic hydroxyl groups is 1. The summed E-state index contributed by atoms with van der Waals surface area (Å²) in [6, 6.07) is 5.39. The highest BCUT2D eigenvalue weighted by atomic mass is 79.9. The van der Waals surface area contributed by atoms with Crippen LogP contribution in [0.15, 0.2) is 22.7 Å². The third-order valence-electron chi connectivity index (χ3n) is 3.36. The number of amides is 1. The normalized spacial score (nSPS) is 16.6. The molecule has 0 atom stereocenters. The summed E-state index contributed by atoms with van der Waals surface area (Å²) in [6.45, 7) is 3.75. The number of rotatable bonds is 3. The molecule has 1 aliphatic rings. The third-order valence-corrected chi connectivity index (χ3v) is 4.05. The molecule has 1 fully saturated rings. The fourth-order valence-corrected chi connectivity index (χ4v) is 2.58. The number of carbonyl (C=O) groups is 1. The largest absolute Gasteiger partial charge is 0.397 e. The van der Waals surface area contributed by atoms with Crippen molar-refractivity contribution in [2.45, 2.75) is 0 Å². The third kappa shape index (κ3) is 3.26. The van der Waals surface area contributed by atoms with E-state index in [-0.39, 0.29) is 12.5 Å². The molecule has 0 spiro atoms. The Morgan fingerprint density at radius 1 is 1.32 bits per heavy atom. The summed E-state index contributed by atoms with van der Waals surface area (Å²) >= 11 is 3.34. The van der Waals surface area contributed by atoms with E-state index in [0.717, 1.165) is 17.6 Å². The van der Waals surface area contributed by atoms with E-state index in [1.807, 2.05) is 17.0 Å². The fourth-order valence-electron chi connectivity index (χ4n) is 2.21. The van der Waals surface area contributed by atoms with Crippen LogP contribution in [0.2, 0.25) is 0 Å². The minimum absolute atomic E-state index is 0.0255. The Hall–Kier alpha value is -1.11. The highest BCUT2D eigenvalue weighted by Gasteiger charge is 2.23. The number of nitrogens with two attached hydrogens (primary N) is 1. The molecule has 6 heteroatoms. The van der Waals surface area contributed by atoms with Crippen LogP contribution in [0.25, 0.3) is 0 Å². The van der Waals surface area contributed by atoms with E-state index in [1.165, 1.54) is 0 Å². The smallest absolute Gasteiger partial charge is 0.256 e. The van der Waals surface area contributed by atoms with Gasteiger partial charge in [-0.25, -0.2) is 0 Å². The van der Waals surface area contributed by atoms with Crippen molar-refractivity contribution in [1.29, 1.82) is 0 Å².